The average Bonchev–Trinajstić information content (AvgIpc) is 2.53. The molecule has 100 valence electrons. The number of anilines is 1. The van der Waals surface area contributed by atoms with Gasteiger partial charge in [0.1, 0.15) is 0 Å². The van der Waals surface area contributed by atoms with Crippen LogP contribution in [0.25, 0.3) is 5.57 Å². The van der Waals surface area contributed by atoms with Gasteiger partial charge in [0.25, 0.3) is 0 Å². The lowest BCUT2D eigenvalue weighted by molar-refractivity contribution is 0.615. The van der Waals surface area contributed by atoms with Crippen LogP contribution in [0.1, 0.15) is 31.4 Å². The first-order valence-corrected chi connectivity index (χ1v) is 6.93. The highest BCUT2D eigenvalue weighted by atomic mass is 15.1. The molecule has 2 rings (SSSR count). The highest BCUT2D eigenvalue weighted by Gasteiger charge is 2.20. The normalized spacial score (nSPS) is 19.9. The largest absolute Gasteiger partial charge is 0.348 e. The standard InChI is InChI=1S/C18H23N/c1-6-15(7-2)16-10-11-18-17(12-16)9-8-13(3)14(4)19(18)5/h6-7,10-13H,1,4,8-9H2,2-3,5H3/b15-7+/t13-/m0/s1. The van der Waals surface area contributed by atoms with Crippen LogP contribution in [-0.2, 0) is 6.42 Å². The van der Waals surface area contributed by atoms with Crippen molar-refractivity contribution in [1.82, 2.24) is 0 Å². The first-order valence-electron chi connectivity index (χ1n) is 6.93. The Balaban J connectivity index is 2.47. The summed E-state index contributed by atoms with van der Waals surface area (Å²) in [7, 11) is 2.12. The molecule has 19 heavy (non-hydrogen) atoms. The number of allylic oxidation sites excluding steroid dienone is 4. The van der Waals surface area contributed by atoms with Gasteiger partial charge in [-0.2, -0.15) is 0 Å². The van der Waals surface area contributed by atoms with E-state index in [4.69, 9.17) is 0 Å². The second-order valence-corrected chi connectivity index (χ2v) is 5.28. The Morgan fingerprint density at radius 3 is 2.79 bits per heavy atom. The van der Waals surface area contributed by atoms with Crippen molar-refractivity contribution < 1.29 is 0 Å². The van der Waals surface area contributed by atoms with Crippen LogP contribution in [0.5, 0.6) is 0 Å². The molecule has 0 spiro atoms. The summed E-state index contributed by atoms with van der Waals surface area (Å²) in [6.45, 7) is 12.4. The number of nitrogens with zero attached hydrogens (tertiary/aromatic N) is 1. The molecule has 0 amide bonds. The van der Waals surface area contributed by atoms with E-state index in [-0.39, 0.29) is 0 Å². The van der Waals surface area contributed by atoms with Gasteiger partial charge in [-0.25, -0.2) is 0 Å². The molecule has 0 aliphatic carbocycles. The molecule has 1 aromatic carbocycles. The summed E-state index contributed by atoms with van der Waals surface area (Å²) >= 11 is 0. The van der Waals surface area contributed by atoms with E-state index in [1.165, 1.54) is 34.5 Å². The lowest BCUT2D eigenvalue weighted by Gasteiger charge is -2.24. The molecule has 1 aliphatic heterocycles. The van der Waals surface area contributed by atoms with Crippen molar-refractivity contribution in [2.75, 3.05) is 11.9 Å². The van der Waals surface area contributed by atoms with Crippen LogP contribution < -0.4 is 4.90 Å². The molecule has 0 saturated carbocycles. The zero-order valence-electron chi connectivity index (χ0n) is 12.2. The zero-order valence-corrected chi connectivity index (χ0v) is 12.2. The van der Waals surface area contributed by atoms with Gasteiger partial charge in [-0.3, -0.25) is 0 Å². The SMILES string of the molecule is C=C/C(=C\C)c1ccc2c(c1)CC[C@H](C)C(=C)N2C. The third-order valence-electron chi connectivity index (χ3n) is 4.15. The molecule has 1 heterocycles. The first kappa shape index (κ1) is 13.7. The summed E-state index contributed by atoms with van der Waals surface area (Å²) in [4.78, 5) is 2.24. The van der Waals surface area contributed by atoms with Gasteiger partial charge in [-0.05, 0) is 54.5 Å². The molecule has 0 radical (unpaired) electrons. The molecular formula is C18H23N. The second kappa shape index (κ2) is 5.48. The Hall–Kier alpha value is -1.76. The van der Waals surface area contributed by atoms with Crippen LogP contribution in [0.3, 0.4) is 0 Å². The number of hydrogen-bond donors (Lipinski definition) is 0. The van der Waals surface area contributed by atoms with Crippen LogP contribution in [0.4, 0.5) is 5.69 Å². The fourth-order valence-corrected chi connectivity index (χ4v) is 2.72. The van der Waals surface area contributed by atoms with E-state index in [1.54, 1.807) is 0 Å². The lowest BCUT2D eigenvalue weighted by Crippen LogP contribution is -2.19. The Morgan fingerprint density at radius 1 is 1.42 bits per heavy atom. The minimum atomic E-state index is 0.543. The number of benzene rings is 1. The predicted molar refractivity (Wildman–Crippen MR) is 85.3 cm³/mol. The van der Waals surface area contributed by atoms with Gasteiger partial charge in [-0.1, -0.05) is 38.3 Å². The molecule has 0 unspecified atom stereocenters. The average molecular weight is 253 g/mol. The van der Waals surface area contributed by atoms with Crippen molar-refractivity contribution in [2.45, 2.75) is 26.7 Å². The van der Waals surface area contributed by atoms with Crippen molar-refractivity contribution in [2.24, 2.45) is 5.92 Å². The van der Waals surface area contributed by atoms with Crippen molar-refractivity contribution in [3.8, 4) is 0 Å². The Bertz CT molecular complexity index is 537. The van der Waals surface area contributed by atoms with E-state index < -0.39 is 0 Å². The van der Waals surface area contributed by atoms with Gasteiger partial charge in [0, 0.05) is 18.4 Å². The third kappa shape index (κ3) is 2.51. The van der Waals surface area contributed by atoms with E-state index in [0.29, 0.717) is 5.92 Å². The van der Waals surface area contributed by atoms with Crippen molar-refractivity contribution >= 4 is 11.3 Å². The molecule has 1 aliphatic rings. The smallest absolute Gasteiger partial charge is 0.0438 e. The molecular weight excluding hydrogens is 230 g/mol. The van der Waals surface area contributed by atoms with E-state index in [9.17, 15) is 0 Å². The Morgan fingerprint density at radius 2 is 2.16 bits per heavy atom. The molecule has 1 nitrogen and oxygen atoms in total. The fourth-order valence-electron chi connectivity index (χ4n) is 2.72. The maximum absolute atomic E-state index is 4.22. The van der Waals surface area contributed by atoms with Gasteiger partial charge in [0.05, 0.1) is 0 Å². The van der Waals surface area contributed by atoms with E-state index in [2.05, 4.69) is 63.2 Å². The highest BCUT2D eigenvalue weighted by molar-refractivity contribution is 5.76. The van der Waals surface area contributed by atoms with Crippen LogP contribution in [-0.4, -0.2) is 7.05 Å². The molecule has 0 aromatic heterocycles. The van der Waals surface area contributed by atoms with Gasteiger partial charge >= 0.3 is 0 Å². The molecule has 1 atom stereocenters. The van der Waals surface area contributed by atoms with E-state index in [0.717, 1.165) is 6.42 Å². The molecule has 0 N–H and O–H groups in total. The molecule has 0 fully saturated rings. The number of rotatable bonds is 2. The molecule has 1 aromatic rings. The molecule has 0 bridgehead atoms. The van der Waals surface area contributed by atoms with Crippen molar-refractivity contribution in [1.29, 1.82) is 0 Å². The summed E-state index contributed by atoms with van der Waals surface area (Å²) in [6.07, 6.45) is 6.31. The summed E-state index contributed by atoms with van der Waals surface area (Å²) in [5.41, 5.74) is 6.36. The van der Waals surface area contributed by atoms with Gasteiger partial charge in [-0.15, -0.1) is 0 Å². The minimum absolute atomic E-state index is 0.543. The minimum Gasteiger partial charge on any atom is -0.348 e. The summed E-state index contributed by atoms with van der Waals surface area (Å²) in [6, 6.07) is 6.69. The Labute approximate surface area is 116 Å². The molecule has 0 saturated heterocycles. The fraction of sp³-hybridized carbons (Fsp3) is 0.333. The topological polar surface area (TPSA) is 3.24 Å². The van der Waals surface area contributed by atoms with Crippen molar-refractivity contribution in [3.63, 3.8) is 0 Å². The van der Waals surface area contributed by atoms with Gasteiger partial charge < -0.3 is 4.90 Å². The quantitative estimate of drug-likeness (QED) is 0.684. The zero-order chi connectivity index (χ0) is 14.0. The van der Waals surface area contributed by atoms with Crippen LogP contribution in [0, 0.1) is 5.92 Å². The maximum atomic E-state index is 4.22. The van der Waals surface area contributed by atoms with Crippen LogP contribution >= 0.6 is 0 Å². The number of fused-ring (bicyclic) bond motifs is 1. The van der Waals surface area contributed by atoms with Gasteiger partial charge in [0.15, 0.2) is 0 Å². The Kier molecular flexibility index (Phi) is 3.94. The second-order valence-electron chi connectivity index (χ2n) is 5.28. The highest BCUT2D eigenvalue weighted by Crippen LogP contribution is 2.34. The predicted octanol–water partition coefficient (Wildman–Crippen LogP) is 4.81. The van der Waals surface area contributed by atoms with Crippen LogP contribution in [0.2, 0.25) is 0 Å². The molecule has 1 heteroatoms. The monoisotopic (exact) mass is 253 g/mol. The van der Waals surface area contributed by atoms with Crippen LogP contribution in [0.15, 0.2) is 49.2 Å². The number of aryl methyl sites for hydroxylation is 1. The first-order chi connectivity index (χ1) is 9.08. The lowest BCUT2D eigenvalue weighted by atomic mass is 9.97. The van der Waals surface area contributed by atoms with E-state index in [1.807, 2.05) is 6.08 Å². The van der Waals surface area contributed by atoms with Gasteiger partial charge in [0.2, 0.25) is 0 Å². The third-order valence-corrected chi connectivity index (χ3v) is 4.15. The summed E-state index contributed by atoms with van der Waals surface area (Å²) in [5, 5.41) is 0. The maximum Gasteiger partial charge on any atom is 0.0438 e. The number of hydrogen-bond acceptors (Lipinski definition) is 1. The van der Waals surface area contributed by atoms with Crippen molar-refractivity contribution in [3.05, 3.63) is 60.3 Å². The summed E-state index contributed by atoms with van der Waals surface area (Å²) in [5.74, 6) is 0.543. The summed E-state index contributed by atoms with van der Waals surface area (Å²) < 4.78 is 0. The van der Waals surface area contributed by atoms with E-state index >= 15 is 0 Å².